The molecular weight excluding hydrogens is 467 g/mol. The molecule has 0 bridgehead atoms. The van der Waals surface area contributed by atoms with E-state index in [1.165, 1.54) is 0 Å². The van der Waals surface area contributed by atoms with Gasteiger partial charge < -0.3 is 0 Å². The quantitative estimate of drug-likeness (QED) is 0.377. The van der Waals surface area contributed by atoms with E-state index < -0.39 is 26.5 Å². The summed E-state index contributed by atoms with van der Waals surface area (Å²) in [7, 11) is 0. The molecule has 0 saturated heterocycles. The number of hydrogen-bond donors (Lipinski definition) is 0. The van der Waals surface area contributed by atoms with Crippen LogP contribution >= 0.6 is 59.4 Å². The van der Waals surface area contributed by atoms with Crippen molar-refractivity contribution in [2.75, 3.05) is 0 Å². The number of nitrogens with zero attached hydrogens (tertiary/aromatic N) is 2. The van der Waals surface area contributed by atoms with Gasteiger partial charge in [0.15, 0.2) is 4.47 Å². The molecule has 0 aliphatic rings. The van der Waals surface area contributed by atoms with E-state index in [0.717, 1.165) is 0 Å². The van der Waals surface area contributed by atoms with Crippen LogP contribution in [0.2, 0.25) is 0 Å². The van der Waals surface area contributed by atoms with Crippen molar-refractivity contribution in [3.05, 3.63) is 39.2 Å². The van der Waals surface area contributed by atoms with Gasteiger partial charge in [0, 0.05) is 0 Å². The molecule has 0 aliphatic heterocycles. The van der Waals surface area contributed by atoms with Crippen molar-refractivity contribution in [3.8, 4) is 0 Å². The average Bonchev–Trinajstić information content (AvgIpc) is 2.14. The molecule has 1 aromatic carbocycles. The second-order valence-electron chi connectivity index (χ2n) is 2.80. The lowest BCUT2D eigenvalue weighted by molar-refractivity contribution is -0.396. The summed E-state index contributed by atoms with van der Waals surface area (Å²) in [5, 5.41) is 20.7. The third-order valence-corrected chi connectivity index (χ3v) is 4.32. The van der Waals surface area contributed by atoms with Gasteiger partial charge in [-0.05, 0) is 59.4 Å². The van der Waals surface area contributed by atoms with Crippen molar-refractivity contribution in [2.45, 2.75) is 0 Å². The van der Waals surface area contributed by atoms with E-state index in [0.29, 0.717) is 0 Å². The molecule has 0 aliphatic carbocycles. The lowest BCUT2D eigenvalue weighted by Crippen LogP contribution is -2.04. The molecule has 1 rings (SSSR count). The minimum absolute atomic E-state index is 0.239. The van der Waals surface area contributed by atoms with Crippen molar-refractivity contribution in [1.82, 2.24) is 0 Å². The van der Waals surface area contributed by atoms with Crippen LogP contribution in [0.3, 0.4) is 0 Å². The molecule has 0 heterocycles. The number of carbonyl (C=O) groups is 1. The highest BCUT2D eigenvalue weighted by atomic mass is 79.9. The van der Waals surface area contributed by atoms with Gasteiger partial charge in [0.2, 0.25) is 0 Å². The molecule has 0 N–H and O–H groups in total. The lowest BCUT2D eigenvalue weighted by atomic mass is 10.2. The molecule has 11 heteroatoms. The summed E-state index contributed by atoms with van der Waals surface area (Å²) in [6.07, 6.45) is 0. The van der Waals surface area contributed by atoms with Gasteiger partial charge in [-0.1, -0.05) is 0 Å². The van der Waals surface area contributed by atoms with Crippen LogP contribution in [0, 0.1) is 20.2 Å². The summed E-state index contributed by atoms with van der Waals surface area (Å²) in [5.74, 6) is 0. The molecule has 7 nitrogen and oxygen atoms in total. The average molecular weight is 467 g/mol. The molecule has 0 saturated carbocycles. The predicted octanol–water partition coefficient (Wildman–Crippen LogP) is 4.17. The first-order valence-electron chi connectivity index (χ1n) is 3.89. The van der Waals surface area contributed by atoms with Gasteiger partial charge in [0.25, 0.3) is 5.24 Å². The van der Waals surface area contributed by atoms with Crippen LogP contribution in [0.15, 0.2) is 13.4 Å². The van der Waals surface area contributed by atoms with Crippen LogP contribution in [0.25, 0.3) is 0 Å². The van der Waals surface area contributed by atoms with E-state index in [4.69, 9.17) is 11.6 Å². The zero-order chi connectivity index (χ0) is 14.2. The summed E-state index contributed by atoms with van der Waals surface area (Å²) in [6.45, 7) is 0. The Hall–Kier alpha value is -0.580. The SMILES string of the molecule is O=C(Cl)c1c(Br)c([N+](=O)[O-])c(Br)c([N+](=O)[O-])c1Br. The molecule has 18 heavy (non-hydrogen) atoms. The molecule has 0 radical (unpaired) electrons. The largest absolute Gasteiger partial charge is 0.305 e. The first-order chi connectivity index (χ1) is 8.20. The normalized spacial score (nSPS) is 10.2. The topological polar surface area (TPSA) is 103 Å². The predicted molar refractivity (Wildman–Crippen MR) is 73.0 cm³/mol. The highest BCUT2D eigenvalue weighted by Crippen LogP contribution is 2.47. The van der Waals surface area contributed by atoms with E-state index in [9.17, 15) is 25.0 Å². The van der Waals surface area contributed by atoms with Crippen LogP contribution < -0.4 is 0 Å². The highest BCUT2D eigenvalue weighted by Gasteiger charge is 2.35. The molecule has 0 amide bonds. The van der Waals surface area contributed by atoms with Gasteiger partial charge in [-0.2, -0.15) is 0 Å². The fraction of sp³-hybridized carbons (Fsp3) is 0. The van der Waals surface area contributed by atoms with Crippen LogP contribution in [-0.4, -0.2) is 15.1 Å². The van der Waals surface area contributed by atoms with Crippen LogP contribution in [0.5, 0.6) is 0 Å². The van der Waals surface area contributed by atoms with Crippen molar-refractivity contribution in [1.29, 1.82) is 0 Å². The summed E-state index contributed by atoms with van der Waals surface area (Å²) in [4.78, 5) is 31.2. The summed E-state index contributed by atoms with van der Waals surface area (Å²) in [6, 6.07) is 0. The summed E-state index contributed by atoms with van der Waals surface area (Å²) < 4.78 is -0.841. The van der Waals surface area contributed by atoms with Gasteiger partial charge in [-0.25, -0.2) is 0 Å². The number of benzene rings is 1. The first-order valence-corrected chi connectivity index (χ1v) is 6.64. The second kappa shape index (κ2) is 5.59. The Morgan fingerprint density at radius 2 is 1.28 bits per heavy atom. The molecule has 0 fully saturated rings. The van der Waals surface area contributed by atoms with Gasteiger partial charge in [0.1, 0.15) is 8.95 Å². The summed E-state index contributed by atoms with van der Waals surface area (Å²) >= 11 is 13.7. The van der Waals surface area contributed by atoms with Crippen LogP contribution in [0.4, 0.5) is 11.4 Å². The number of nitro groups is 2. The number of nitro benzene ring substituents is 2. The molecular formula is C7Br3ClN2O5. The molecule has 1 aromatic rings. The molecule has 0 atom stereocenters. The van der Waals surface area contributed by atoms with E-state index >= 15 is 0 Å². The van der Waals surface area contributed by atoms with Crippen molar-refractivity contribution in [3.63, 3.8) is 0 Å². The zero-order valence-electron chi connectivity index (χ0n) is 7.95. The molecule has 0 spiro atoms. The van der Waals surface area contributed by atoms with Crippen molar-refractivity contribution in [2.24, 2.45) is 0 Å². The van der Waals surface area contributed by atoms with Crippen LogP contribution in [-0.2, 0) is 0 Å². The Bertz CT molecular complexity index is 489. The minimum Gasteiger partial charge on any atom is -0.276 e. The Morgan fingerprint density at radius 1 is 0.944 bits per heavy atom. The fourth-order valence-electron chi connectivity index (χ4n) is 1.13. The Balaban J connectivity index is 3.94. The molecule has 96 valence electrons. The monoisotopic (exact) mass is 464 g/mol. The van der Waals surface area contributed by atoms with Crippen molar-refractivity contribution >= 4 is 76.0 Å². The van der Waals surface area contributed by atoms with E-state index in [1.807, 2.05) is 0 Å². The zero-order valence-corrected chi connectivity index (χ0v) is 13.5. The van der Waals surface area contributed by atoms with E-state index in [-0.39, 0.29) is 19.0 Å². The standard InChI is InChI=1S/C7Br3ClN2O5/c8-2-1(7(11)14)3(9)6(13(17)18)4(10)5(2)12(15)16. The van der Waals surface area contributed by atoms with E-state index in [1.54, 1.807) is 0 Å². The Kier molecular flexibility index (Phi) is 4.81. The second-order valence-corrected chi connectivity index (χ2v) is 5.52. The number of carbonyl (C=O) groups excluding carboxylic acids is 1. The lowest BCUT2D eigenvalue weighted by Gasteiger charge is -2.06. The summed E-state index contributed by atoms with van der Waals surface area (Å²) in [5.41, 5.74) is -1.67. The third-order valence-electron chi connectivity index (χ3n) is 1.83. The first kappa shape index (κ1) is 15.5. The fourth-order valence-corrected chi connectivity index (χ4v) is 4.48. The highest BCUT2D eigenvalue weighted by molar-refractivity contribution is 9.12. The Morgan fingerprint density at radius 3 is 1.50 bits per heavy atom. The third kappa shape index (κ3) is 2.56. The smallest absolute Gasteiger partial charge is 0.276 e. The van der Waals surface area contributed by atoms with Gasteiger partial charge in [0.05, 0.1) is 15.4 Å². The maximum absolute atomic E-state index is 11.2. The van der Waals surface area contributed by atoms with Gasteiger partial charge >= 0.3 is 11.4 Å². The van der Waals surface area contributed by atoms with Crippen LogP contribution in [0.1, 0.15) is 10.4 Å². The van der Waals surface area contributed by atoms with Gasteiger partial charge in [-0.3, -0.25) is 25.0 Å². The molecule has 0 unspecified atom stereocenters. The van der Waals surface area contributed by atoms with Crippen molar-refractivity contribution < 1.29 is 14.6 Å². The maximum atomic E-state index is 11.2. The van der Waals surface area contributed by atoms with Gasteiger partial charge in [-0.15, -0.1) is 0 Å². The number of hydrogen-bond acceptors (Lipinski definition) is 5. The minimum atomic E-state index is -1.06. The number of halogens is 4. The Labute approximate surface area is 129 Å². The molecule has 0 aromatic heterocycles. The maximum Gasteiger partial charge on any atom is 0.305 e. The number of rotatable bonds is 3. The van der Waals surface area contributed by atoms with E-state index in [2.05, 4.69) is 47.8 Å².